The molecule has 0 bridgehead atoms. The summed E-state index contributed by atoms with van der Waals surface area (Å²) in [6.45, 7) is 7.74. The van der Waals surface area contributed by atoms with Gasteiger partial charge < -0.3 is 9.15 Å². The Hall–Kier alpha value is -4.28. The van der Waals surface area contributed by atoms with Gasteiger partial charge in [-0.05, 0) is 55.2 Å². The minimum absolute atomic E-state index is 0.131. The summed E-state index contributed by atoms with van der Waals surface area (Å²) in [7, 11) is 0. The van der Waals surface area contributed by atoms with Crippen LogP contribution in [0.15, 0.2) is 80.1 Å². The first-order valence-electron chi connectivity index (χ1n) is 12.9. The first-order valence-corrected chi connectivity index (χ1v) is 14.1. The number of rotatable bonds is 7. The number of esters is 1. The molecule has 41 heavy (non-hydrogen) atoms. The Kier molecular flexibility index (Phi) is 7.79. The fraction of sp³-hybridized carbons (Fsp3) is 0.233. The average Bonchev–Trinajstić information content (AvgIpc) is 3.53. The molecule has 0 saturated heterocycles. The third-order valence-electron chi connectivity index (χ3n) is 6.74. The molecule has 1 aliphatic rings. The lowest BCUT2D eigenvalue weighted by atomic mass is 10.0. The molecule has 11 heteroatoms. The van der Waals surface area contributed by atoms with Crippen LogP contribution in [0.5, 0.6) is 0 Å². The lowest BCUT2D eigenvalue weighted by Crippen LogP contribution is -2.39. The van der Waals surface area contributed by atoms with Crippen molar-refractivity contribution in [3.8, 4) is 11.3 Å². The molecule has 2 aromatic carbocycles. The maximum atomic E-state index is 13.8. The molecule has 2 aromatic heterocycles. The Morgan fingerprint density at radius 1 is 1.22 bits per heavy atom. The van der Waals surface area contributed by atoms with Gasteiger partial charge in [-0.3, -0.25) is 19.5 Å². The molecule has 0 fully saturated rings. The van der Waals surface area contributed by atoms with Crippen molar-refractivity contribution in [1.29, 1.82) is 0 Å². The van der Waals surface area contributed by atoms with Gasteiger partial charge in [0.15, 0.2) is 4.80 Å². The first-order chi connectivity index (χ1) is 19.6. The molecule has 0 N–H and O–H groups in total. The standard InChI is InChI=1S/C30H26ClN3O6S/c1-5-39-29(36)26-17(4)32-30-33(28(35)25(41-30)14-18-6-8-19(9-7-18)16(2)3)27(26)24-13-12-23(40-24)21-15-20(34(37)38)10-11-22(21)31/h6-16,27H,5H2,1-4H3/b25-14-/t27-/m1/s1. The van der Waals surface area contributed by atoms with Crippen LogP contribution >= 0.6 is 22.9 Å². The van der Waals surface area contributed by atoms with Gasteiger partial charge in [0.1, 0.15) is 17.6 Å². The Balaban J connectivity index is 1.66. The van der Waals surface area contributed by atoms with Gasteiger partial charge in [-0.15, -0.1) is 0 Å². The SMILES string of the molecule is CCOC(=O)C1=C(C)N=c2s/c(=C\c3ccc(C(C)C)cc3)c(=O)n2[C@@H]1c1ccc(-c2cc([N+](=O)[O-])ccc2Cl)o1. The van der Waals surface area contributed by atoms with E-state index in [0.29, 0.717) is 26.5 Å². The molecular weight excluding hydrogens is 566 g/mol. The van der Waals surface area contributed by atoms with Crippen molar-refractivity contribution in [2.24, 2.45) is 4.99 Å². The van der Waals surface area contributed by atoms with Crippen molar-refractivity contribution in [3.05, 3.63) is 118 Å². The summed E-state index contributed by atoms with van der Waals surface area (Å²) in [5.41, 5.74) is 2.43. The molecular formula is C30H26ClN3O6S. The van der Waals surface area contributed by atoms with Gasteiger partial charge in [-0.1, -0.05) is 61.1 Å². The highest BCUT2D eigenvalue weighted by molar-refractivity contribution is 7.07. The lowest BCUT2D eigenvalue weighted by Gasteiger charge is -2.22. The van der Waals surface area contributed by atoms with Crippen LogP contribution in [0.2, 0.25) is 5.02 Å². The molecule has 0 saturated carbocycles. The molecule has 1 atom stereocenters. The Morgan fingerprint density at radius 3 is 2.61 bits per heavy atom. The van der Waals surface area contributed by atoms with Crippen LogP contribution in [-0.2, 0) is 9.53 Å². The Bertz CT molecular complexity index is 1880. The molecule has 0 radical (unpaired) electrons. The number of hydrogen-bond acceptors (Lipinski definition) is 8. The number of carbonyl (C=O) groups is 1. The number of halogens is 1. The largest absolute Gasteiger partial charge is 0.463 e. The maximum Gasteiger partial charge on any atom is 0.338 e. The van der Waals surface area contributed by atoms with Crippen molar-refractivity contribution in [3.63, 3.8) is 0 Å². The summed E-state index contributed by atoms with van der Waals surface area (Å²) in [5.74, 6) is 0.269. The van der Waals surface area contributed by atoms with Gasteiger partial charge in [-0.2, -0.15) is 0 Å². The van der Waals surface area contributed by atoms with Gasteiger partial charge in [0.05, 0.1) is 32.4 Å². The molecule has 0 unspecified atom stereocenters. The predicted molar refractivity (Wildman–Crippen MR) is 157 cm³/mol. The zero-order valence-electron chi connectivity index (χ0n) is 22.7. The van der Waals surface area contributed by atoms with E-state index < -0.39 is 16.9 Å². The smallest absolute Gasteiger partial charge is 0.338 e. The molecule has 210 valence electrons. The highest BCUT2D eigenvalue weighted by Crippen LogP contribution is 2.37. The second-order valence-corrected chi connectivity index (χ2v) is 11.2. The first kappa shape index (κ1) is 28.3. The second-order valence-electron chi connectivity index (χ2n) is 9.75. The van der Waals surface area contributed by atoms with Gasteiger partial charge in [0.2, 0.25) is 0 Å². The second kappa shape index (κ2) is 11.3. The number of non-ortho nitro benzene ring substituents is 1. The topological polar surface area (TPSA) is 117 Å². The number of benzene rings is 2. The number of thiazole rings is 1. The third kappa shape index (κ3) is 5.40. The van der Waals surface area contributed by atoms with E-state index in [1.807, 2.05) is 24.3 Å². The minimum atomic E-state index is -0.970. The van der Waals surface area contributed by atoms with Crippen molar-refractivity contribution in [2.75, 3.05) is 6.61 Å². The molecule has 0 amide bonds. The van der Waals surface area contributed by atoms with Crippen LogP contribution in [-0.4, -0.2) is 22.1 Å². The minimum Gasteiger partial charge on any atom is -0.463 e. The highest BCUT2D eigenvalue weighted by Gasteiger charge is 2.35. The van der Waals surface area contributed by atoms with Gasteiger partial charge >= 0.3 is 5.97 Å². The Labute approximate surface area is 243 Å². The molecule has 3 heterocycles. The van der Waals surface area contributed by atoms with E-state index >= 15 is 0 Å². The fourth-order valence-electron chi connectivity index (χ4n) is 4.65. The molecule has 0 aliphatic carbocycles. The molecule has 0 spiro atoms. The third-order valence-corrected chi connectivity index (χ3v) is 8.05. The van der Waals surface area contributed by atoms with Gasteiger partial charge in [-0.25, -0.2) is 9.79 Å². The number of aromatic nitrogens is 1. The number of allylic oxidation sites excluding steroid dienone is 1. The number of nitro benzene ring substituents is 1. The van der Waals surface area contributed by atoms with E-state index in [1.54, 1.807) is 32.1 Å². The number of carbonyl (C=O) groups excluding carboxylic acids is 1. The van der Waals surface area contributed by atoms with Crippen LogP contribution in [0.25, 0.3) is 17.4 Å². The number of fused-ring (bicyclic) bond motifs is 1. The molecule has 9 nitrogen and oxygen atoms in total. The molecule has 4 aromatic rings. The Morgan fingerprint density at radius 2 is 1.95 bits per heavy atom. The summed E-state index contributed by atoms with van der Waals surface area (Å²) in [6, 6.07) is 14.3. The number of nitrogens with zero attached hydrogens (tertiary/aromatic N) is 3. The lowest BCUT2D eigenvalue weighted by molar-refractivity contribution is -0.384. The summed E-state index contributed by atoms with van der Waals surface area (Å²) in [4.78, 5) is 42.8. The van der Waals surface area contributed by atoms with E-state index in [1.165, 1.54) is 39.7 Å². The number of nitro groups is 1. The number of furan rings is 1. The zero-order valence-corrected chi connectivity index (χ0v) is 24.3. The molecule has 5 rings (SSSR count). The summed E-state index contributed by atoms with van der Waals surface area (Å²) in [5, 5.41) is 11.6. The van der Waals surface area contributed by atoms with E-state index in [9.17, 15) is 19.7 Å². The maximum absolute atomic E-state index is 13.8. The summed E-state index contributed by atoms with van der Waals surface area (Å²) >= 11 is 7.56. The van der Waals surface area contributed by atoms with Gasteiger partial charge in [0.25, 0.3) is 11.2 Å². The summed E-state index contributed by atoms with van der Waals surface area (Å²) < 4.78 is 13.3. The van der Waals surface area contributed by atoms with Crippen molar-refractivity contribution in [2.45, 2.75) is 39.7 Å². The number of ether oxygens (including phenoxy) is 1. The fourth-order valence-corrected chi connectivity index (χ4v) is 5.91. The number of hydrogen-bond donors (Lipinski definition) is 0. The van der Waals surface area contributed by atoms with Crippen LogP contribution in [0.1, 0.15) is 56.5 Å². The van der Waals surface area contributed by atoms with Gasteiger partial charge in [0, 0.05) is 17.7 Å². The van der Waals surface area contributed by atoms with Crippen molar-refractivity contribution < 1.29 is 18.9 Å². The molecule has 1 aliphatic heterocycles. The van der Waals surface area contributed by atoms with Crippen LogP contribution in [0.4, 0.5) is 5.69 Å². The van der Waals surface area contributed by atoms with Crippen LogP contribution < -0.4 is 14.9 Å². The summed E-state index contributed by atoms with van der Waals surface area (Å²) in [6.07, 6.45) is 1.80. The van der Waals surface area contributed by atoms with Crippen LogP contribution in [0.3, 0.4) is 0 Å². The van der Waals surface area contributed by atoms with E-state index in [-0.39, 0.29) is 40.0 Å². The van der Waals surface area contributed by atoms with E-state index in [0.717, 1.165) is 5.56 Å². The monoisotopic (exact) mass is 591 g/mol. The van der Waals surface area contributed by atoms with E-state index in [4.69, 9.17) is 20.8 Å². The zero-order chi connectivity index (χ0) is 29.4. The quantitative estimate of drug-likeness (QED) is 0.154. The average molecular weight is 592 g/mol. The van der Waals surface area contributed by atoms with Crippen molar-refractivity contribution in [1.82, 2.24) is 4.57 Å². The van der Waals surface area contributed by atoms with Crippen molar-refractivity contribution >= 4 is 40.7 Å². The highest BCUT2D eigenvalue weighted by atomic mass is 35.5. The normalized spacial score (nSPS) is 15.2. The van der Waals surface area contributed by atoms with Crippen LogP contribution in [0, 0.1) is 10.1 Å². The predicted octanol–water partition coefficient (Wildman–Crippen LogP) is 5.74. The van der Waals surface area contributed by atoms with E-state index in [2.05, 4.69) is 18.8 Å².